The van der Waals surface area contributed by atoms with Crippen molar-refractivity contribution >= 4 is 84.1 Å². The third-order valence-corrected chi connectivity index (χ3v) is 9.18. The fourth-order valence-corrected chi connectivity index (χ4v) is 6.96. The van der Waals surface area contributed by atoms with Crippen LogP contribution in [-0.4, -0.2) is 37.5 Å². The Morgan fingerprint density at radius 3 is 2.40 bits per heavy atom. The van der Waals surface area contributed by atoms with E-state index in [1.165, 1.54) is 49.3 Å². The van der Waals surface area contributed by atoms with Crippen LogP contribution in [0.15, 0.2) is 88.7 Å². The van der Waals surface area contributed by atoms with Crippen LogP contribution < -0.4 is 14.2 Å². The summed E-state index contributed by atoms with van der Waals surface area (Å²) in [4.78, 5) is 38.5. The molecule has 1 N–H and O–H groups in total. The lowest BCUT2D eigenvalue weighted by atomic mass is 10.1. The molecule has 4 aromatic rings. The molecule has 4 aromatic carbocycles. The molecule has 1 fully saturated rings. The molecule has 5 rings (SSSR count). The molecule has 1 saturated heterocycles. The number of methoxy groups -OCH3 is 1. The number of carbonyl (C=O) groups excluding carboxylic acids is 3. The molecule has 1 aliphatic heterocycles. The van der Waals surface area contributed by atoms with Crippen LogP contribution in [0.3, 0.4) is 0 Å². The molecule has 12 heteroatoms. The maximum atomic E-state index is 13.2. The van der Waals surface area contributed by atoms with Gasteiger partial charge in [-0.15, -0.1) is 0 Å². The number of nitrogens with zero attached hydrogens (tertiary/aromatic N) is 1. The van der Waals surface area contributed by atoms with Crippen molar-refractivity contribution in [3.63, 3.8) is 0 Å². The lowest BCUT2D eigenvalue weighted by Crippen LogP contribution is -2.27. The van der Waals surface area contributed by atoms with E-state index in [1.807, 2.05) is 65.1 Å². The number of carbonyl (C=O) groups is 3. The minimum Gasteiger partial charge on any atom is -0.493 e. The van der Waals surface area contributed by atoms with Crippen molar-refractivity contribution in [1.82, 2.24) is 4.90 Å². The number of benzene rings is 4. The number of halogens is 1. The van der Waals surface area contributed by atoms with E-state index in [2.05, 4.69) is 5.32 Å². The molecular weight excluding hydrogens is 691 g/mol. The third kappa shape index (κ3) is 6.45. The van der Waals surface area contributed by atoms with Crippen LogP contribution in [0, 0.1) is 3.57 Å². The molecular formula is C30H23IN2O7S2. The Morgan fingerprint density at radius 2 is 1.71 bits per heavy atom. The minimum absolute atomic E-state index is 0.0226. The Balaban J connectivity index is 1.36. The summed E-state index contributed by atoms with van der Waals surface area (Å²) in [6.45, 7) is 1.49. The molecule has 0 spiro atoms. The zero-order valence-corrected chi connectivity index (χ0v) is 26.1. The van der Waals surface area contributed by atoms with Crippen molar-refractivity contribution in [2.24, 2.45) is 0 Å². The second-order valence-electron chi connectivity index (χ2n) is 9.23. The first kappa shape index (κ1) is 29.6. The average molecular weight is 715 g/mol. The van der Waals surface area contributed by atoms with E-state index >= 15 is 0 Å². The molecule has 1 aliphatic rings. The minimum atomic E-state index is -4.24. The molecule has 0 unspecified atom stereocenters. The van der Waals surface area contributed by atoms with Gasteiger partial charge in [0.15, 0.2) is 11.5 Å². The third-order valence-electron chi connectivity index (χ3n) is 6.23. The van der Waals surface area contributed by atoms with Gasteiger partial charge >= 0.3 is 10.1 Å². The average Bonchev–Trinajstić information content (AvgIpc) is 3.21. The van der Waals surface area contributed by atoms with Crippen molar-refractivity contribution < 1.29 is 31.7 Å². The first-order valence-electron chi connectivity index (χ1n) is 12.5. The summed E-state index contributed by atoms with van der Waals surface area (Å²) in [6.07, 6.45) is 1.56. The highest BCUT2D eigenvalue weighted by molar-refractivity contribution is 14.1. The van der Waals surface area contributed by atoms with Gasteiger partial charge in [-0.25, -0.2) is 0 Å². The number of anilines is 1. The fourth-order valence-electron chi connectivity index (χ4n) is 4.28. The Bertz CT molecular complexity index is 1870. The van der Waals surface area contributed by atoms with Gasteiger partial charge in [0.1, 0.15) is 4.90 Å². The van der Waals surface area contributed by atoms with E-state index < -0.39 is 16.0 Å². The Labute approximate surface area is 260 Å². The van der Waals surface area contributed by atoms with Crippen LogP contribution in [0.2, 0.25) is 0 Å². The summed E-state index contributed by atoms with van der Waals surface area (Å²) in [7, 11) is -2.87. The molecule has 9 nitrogen and oxygen atoms in total. The molecule has 0 saturated carbocycles. The molecule has 0 aliphatic carbocycles. The summed E-state index contributed by atoms with van der Waals surface area (Å²) in [6, 6.07) is 22.4. The number of nitrogens with one attached hydrogen (secondary N) is 1. The van der Waals surface area contributed by atoms with Gasteiger partial charge in [-0.05, 0) is 105 Å². The molecule has 0 bridgehead atoms. The highest BCUT2D eigenvalue weighted by Gasteiger charge is 2.35. The number of thioether (sulfide) groups is 1. The van der Waals surface area contributed by atoms with Gasteiger partial charge in [-0.2, -0.15) is 8.42 Å². The molecule has 42 heavy (non-hydrogen) atoms. The second-order valence-corrected chi connectivity index (χ2v) is 12.9. The highest BCUT2D eigenvalue weighted by Crippen LogP contribution is 2.39. The summed E-state index contributed by atoms with van der Waals surface area (Å²) < 4.78 is 37.2. The standard InChI is InChI=1S/C30H23IN2O7S2/c1-18(34)32-23-9-11-24(12-10-23)42(37,38)40-28-25(31)14-20(15-26(28)39-2)16-27-29(35)33(30(36)41-27)17-19-7-8-21-5-3-4-6-22(21)13-19/h3-16H,17H2,1-2H3,(H,32,34)/b27-16-. The van der Waals surface area contributed by atoms with Gasteiger partial charge < -0.3 is 14.2 Å². The lowest BCUT2D eigenvalue weighted by Gasteiger charge is -2.14. The smallest absolute Gasteiger partial charge is 0.339 e. The van der Waals surface area contributed by atoms with Crippen molar-refractivity contribution in [1.29, 1.82) is 0 Å². The van der Waals surface area contributed by atoms with Gasteiger partial charge in [0.05, 0.1) is 22.1 Å². The van der Waals surface area contributed by atoms with Crippen LogP contribution in [0.1, 0.15) is 18.1 Å². The zero-order valence-electron chi connectivity index (χ0n) is 22.3. The summed E-state index contributed by atoms with van der Waals surface area (Å²) in [5.74, 6) is -0.596. The Morgan fingerprint density at radius 1 is 1.00 bits per heavy atom. The van der Waals surface area contributed by atoms with Gasteiger partial charge in [0, 0.05) is 12.6 Å². The highest BCUT2D eigenvalue weighted by atomic mass is 127. The number of ether oxygens (including phenoxy) is 1. The Kier molecular flexibility index (Phi) is 8.57. The Hall–Kier alpha value is -3.88. The zero-order chi connectivity index (χ0) is 30.0. The molecule has 0 radical (unpaired) electrons. The first-order valence-corrected chi connectivity index (χ1v) is 15.8. The molecule has 0 aromatic heterocycles. The number of hydrogen-bond donors (Lipinski definition) is 1. The number of amides is 3. The molecule has 1 heterocycles. The SMILES string of the molecule is COc1cc(/C=C2\SC(=O)N(Cc3ccc4ccccc4c3)C2=O)cc(I)c1OS(=O)(=O)c1ccc(NC(C)=O)cc1. The van der Waals surface area contributed by atoms with Gasteiger partial charge in [0.2, 0.25) is 5.91 Å². The van der Waals surface area contributed by atoms with Crippen LogP contribution in [0.25, 0.3) is 16.8 Å². The maximum Gasteiger partial charge on any atom is 0.339 e. The van der Waals surface area contributed by atoms with Crippen LogP contribution in [-0.2, 0) is 26.3 Å². The van der Waals surface area contributed by atoms with E-state index in [1.54, 1.807) is 12.1 Å². The van der Waals surface area contributed by atoms with Gasteiger partial charge in [-0.1, -0.05) is 36.4 Å². The summed E-state index contributed by atoms with van der Waals surface area (Å²) in [5.41, 5.74) is 1.80. The molecule has 3 amide bonds. The fraction of sp³-hybridized carbons (Fsp3) is 0.100. The molecule has 214 valence electrons. The summed E-state index contributed by atoms with van der Waals surface area (Å²) in [5, 5.41) is 4.28. The van der Waals surface area contributed by atoms with E-state index in [4.69, 9.17) is 8.92 Å². The maximum absolute atomic E-state index is 13.2. The molecule has 0 atom stereocenters. The van der Waals surface area contributed by atoms with Crippen molar-refractivity contribution in [2.45, 2.75) is 18.4 Å². The van der Waals surface area contributed by atoms with Crippen LogP contribution in [0.4, 0.5) is 10.5 Å². The quantitative estimate of drug-likeness (QED) is 0.126. The normalized spacial score (nSPS) is 14.5. The number of imide groups is 1. The van der Waals surface area contributed by atoms with E-state index in [-0.39, 0.29) is 39.0 Å². The van der Waals surface area contributed by atoms with E-state index in [0.717, 1.165) is 28.1 Å². The monoisotopic (exact) mass is 714 g/mol. The predicted octanol–water partition coefficient (Wildman–Crippen LogP) is 6.42. The number of rotatable bonds is 8. The van der Waals surface area contributed by atoms with Crippen molar-refractivity contribution in [3.8, 4) is 11.5 Å². The van der Waals surface area contributed by atoms with E-state index in [0.29, 0.717) is 14.8 Å². The first-order chi connectivity index (χ1) is 20.0. The van der Waals surface area contributed by atoms with Crippen LogP contribution >= 0.6 is 34.4 Å². The van der Waals surface area contributed by atoms with E-state index in [9.17, 15) is 22.8 Å². The topological polar surface area (TPSA) is 119 Å². The predicted molar refractivity (Wildman–Crippen MR) is 170 cm³/mol. The number of hydrogen-bond acceptors (Lipinski definition) is 8. The second kappa shape index (κ2) is 12.2. The van der Waals surface area contributed by atoms with Crippen molar-refractivity contribution in [3.05, 3.63) is 98.5 Å². The summed E-state index contributed by atoms with van der Waals surface area (Å²) >= 11 is 2.76. The number of fused-ring (bicyclic) bond motifs is 1. The van der Waals surface area contributed by atoms with Gasteiger partial charge in [0.25, 0.3) is 11.1 Å². The lowest BCUT2D eigenvalue weighted by molar-refractivity contribution is -0.123. The largest absolute Gasteiger partial charge is 0.493 e. The van der Waals surface area contributed by atoms with Gasteiger partial charge in [-0.3, -0.25) is 19.3 Å². The van der Waals surface area contributed by atoms with Crippen molar-refractivity contribution in [2.75, 3.05) is 12.4 Å². The van der Waals surface area contributed by atoms with Crippen LogP contribution in [0.5, 0.6) is 11.5 Å².